The van der Waals surface area contributed by atoms with Crippen molar-refractivity contribution in [3.8, 4) is 11.4 Å². The number of hydrogen-bond acceptors (Lipinski definition) is 5. The Kier molecular flexibility index (Phi) is 6.78. The van der Waals surface area contributed by atoms with E-state index in [2.05, 4.69) is 26.0 Å². The maximum absolute atomic E-state index is 12.2. The lowest BCUT2D eigenvalue weighted by Crippen LogP contribution is -2.28. The standard InChI is InChI=1S/C20H21F3N6O/c1-14-2-4-16(5-3-14)11-25-18(30)12-29-27-19(26-28-29)17-8-6-15(7-9-17)10-24-13-20(21,22)23/h2-9,24H,10-13H2,1H3,(H,25,30). The number of aromatic nitrogens is 4. The highest BCUT2D eigenvalue weighted by molar-refractivity contribution is 5.75. The summed E-state index contributed by atoms with van der Waals surface area (Å²) in [5, 5.41) is 17.1. The van der Waals surface area contributed by atoms with Gasteiger partial charge in [-0.05, 0) is 23.3 Å². The van der Waals surface area contributed by atoms with Crippen LogP contribution in [0.15, 0.2) is 48.5 Å². The van der Waals surface area contributed by atoms with Gasteiger partial charge in [0.25, 0.3) is 0 Å². The molecule has 0 unspecified atom stereocenters. The Morgan fingerprint density at radius 3 is 2.30 bits per heavy atom. The molecule has 1 heterocycles. The van der Waals surface area contributed by atoms with E-state index >= 15 is 0 Å². The van der Waals surface area contributed by atoms with E-state index in [0.29, 0.717) is 23.5 Å². The lowest BCUT2D eigenvalue weighted by Gasteiger charge is -2.08. The van der Waals surface area contributed by atoms with Crippen LogP contribution >= 0.6 is 0 Å². The summed E-state index contributed by atoms with van der Waals surface area (Å²) >= 11 is 0. The first-order valence-corrected chi connectivity index (χ1v) is 9.25. The third kappa shape index (κ3) is 6.66. The van der Waals surface area contributed by atoms with Crippen molar-refractivity contribution < 1.29 is 18.0 Å². The number of hydrogen-bond donors (Lipinski definition) is 2. The van der Waals surface area contributed by atoms with Gasteiger partial charge in [0.2, 0.25) is 11.7 Å². The van der Waals surface area contributed by atoms with Gasteiger partial charge in [-0.1, -0.05) is 54.1 Å². The molecule has 3 rings (SSSR count). The lowest BCUT2D eigenvalue weighted by molar-refractivity contribution is -0.125. The second-order valence-electron chi connectivity index (χ2n) is 6.82. The average molecular weight is 418 g/mol. The number of rotatable bonds is 8. The zero-order chi connectivity index (χ0) is 21.6. The first kappa shape index (κ1) is 21.4. The van der Waals surface area contributed by atoms with E-state index in [9.17, 15) is 18.0 Å². The molecule has 1 amide bonds. The second kappa shape index (κ2) is 9.49. The number of halogens is 3. The quantitative estimate of drug-likeness (QED) is 0.588. The van der Waals surface area contributed by atoms with Crippen LogP contribution in [0.25, 0.3) is 11.4 Å². The SMILES string of the molecule is Cc1ccc(CNC(=O)Cn2nnc(-c3ccc(CNCC(F)(F)F)cc3)n2)cc1. The molecule has 10 heteroatoms. The highest BCUT2D eigenvalue weighted by Crippen LogP contribution is 2.16. The van der Waals surface area contributed by atoms with Gasteiger partial charge >= 0.3 is 6.18 Å². The topological polar surface area (TPSA) is 84.7 Å². The average Bonchev–Trinajstić information content (AvgIpc) is 3.15. The number of tetrazole rings is 1. The summed E-state index contributed by atoms with van der Waals surface area (Å²) in [6.45, 7) is 1.38. The highest BCUT2D eigenvalue weighted by atomic mass is 19.4. The fourth-order valence-corrected chi connectivity index (χ4v) is 2.64. The van der Waals surface area contributed by atoms with E-state index < -0.39 is 12.7 Å². The van der Waals surface area contributed by atoms with Gasteiger partial charge < -0.3 is 10.6 Å². The van der Waals surface area contributed by atoms with Crippen molar-refractivity contribution in [2.24, 2.45) is 0 Å². The van der Waals surface area contributed by atoms with Gasteiger partial charge in [-0.3, -0.25) is 4.79 Å². The third-order valence-electron chi connectivity index (χ3n) is 4.21. The van der Waals surface area contributed by atoms with Crippen molar-refractivity contribution >= 4 is 5.91 Å². The van der Waals surface area contributed by atoms with Crippen LogP contribution in [0.3, 0.4) is 0 Å². The number of benzene rings is 2. The van der Waals surface area contributed by atoms with Crippen LogP contribution in [0.1, 0.15) is 16.7 Å². The van der Waals surface area contributed by atoms with Gasteiger partial charge in [0.1, 0.15) is 6.54 Å². The number of carbonyl (C=O) groups excluding carboxylic acids is 1. The summed E-state index contributed by atoms with van der Waals surface area (Å²) < 4.78 is 36.5. The van der Waals surface area contributed by atoms with Gasteiger partial charge in [0.05, 0.1) is 6.54 Å². The van der Waals surface area contributed by atoms with E-state index in [1.54, 1.807) is 24.3 Å². The molecule has 0 aliphatic carbocycles. The number of nitrogens with zero attached hydrogens (tertiary/aromatic N) is 4. The molecule has 0 aliphatic heterocycles. The van der Waals surface area contributed by atoms with Crippen LogP contribution in [-0.4, -0.2) is 38.8 Å². The largest absolute Gasteiger partial charge is 0.401 e. The molecule has 1 aromatic heterocycles. The molecule has 2 N–H and O–H groups in total. The number of aryl methyl sites for hydroxylation is 1. The minimum atomic E-state index is -4.24. The van der Waals surface area contributed by atoms with E-state index in [1.807, 2.05) is 31.2 Å². The smallest absolute Gasteiger partial charge is 0.350 e. The number of amides is 1. The molecule has 7 nitrogen and oxygen atoms in total. The second-order valence-corrected chi connectivity index (χ2v) is 6.82. The van der Waals surface area contributed by atoms with Crippen LogP contribution in [0.2, 0.25) is 0 Å². The molecular formula is C20H21F3N6O. The molecule has 0 bridgehead atoms. The summed E-state index contributed by atoms with van der Waals surface area (Å²) in [6, 6.07) is 14.6. The van der Waals surface area contributed by atoms with Gasteiger partial charge in [-0.15, -0.1) is 10.2 Å². The molecule has 2 aromatic carbocycles. The third-order valence-corrected chi connectivity index (χ3v) is 4.21. The van der Waals surface area contributed by atoms with E-state index in [-0.39, 0.29) is 19.0 Å². The molecule has 0 saturated carbocycles. The molecule has 0 fully saturated rings. The zero-order valence-corrected chi connectivity index (χ0v) is 16.3. The maximum Gasteiger partial charge on any atom is 0.401 e. The van der Waals surface area contributed by atoms with Gasteiger partial charge in [-0.25, -0.2) is 0 Å². The Labute approximate surface area is 171 Å². The summed E-state index contributed by atoms with van der Waals surface area (Å²) in [5.74, 6) is 0.0850. The summed E-state index contributed by atoms with van der Waals surface area (Å²) in [7, 11) is 0. The van der Waals surface area contributed by atoms with Crippen LogP contribution in [0.5, 0.6) is 0 Å². The molecule has 0 atom stereocenters. The predicted molar refractivity (Wildman–Crippen MR) is 104 cm³/mol. The number of carbonyl (C=O) groups is 1. The monoisotopic (exact) mass is 418 g/mol. The van der Waals surface area contributed by atoms with Gasteiger partial charge in [-0.2, -0.15) is 18.0 Å². The number of nitrogens with one attached hydrogen (secondary N) is 2. The van der Waals surface area contributed by atoms with E-state index in [1.165, 1.54) is 4.80 Å². The van der Waals surface area contributed by atoms with Crippen molar-refractivity contribution in [2.45, 2.75) is 32.7 Å². The summed E-state index contributed by atoms with van der Waals surface area (Å²) in [4.78, 5) is 13.3. The minimum absolute atomic E-state index is 0.0711. The van der Waals surface area contributed by atoms with E-state index in [4.69, 9.17) is 0 Å². The Balaban J connectivity index is 1.50. The fraction of sp³-hybridized carbons (Fsp3) is 0.300. The van der Waals surface area contributed by atoms with Crippen LogP contribution in [0, 0.1) is 6.92 Å². The number of alkyl halides is 3. The molecule has 0 radical (unpaired) electrons. The molecule has 3 aromatic rings. The lowest BCUT2D eigenvalue weighted by atomic mass is 10.1. The van der Waals surface area contributed by atoms with Crippen molar-refractivity contribution in [1.29, 1.82) is 0 Å². The Morgan fingerprint density at radius 1 is 1.00 bits per heavy atom. The van der Waals surface area contributed by atoms with Gasteiger partial charge in [0.15, 0.2) is 0 Å². The Hall–Kier alpha value is -3.27. The van der Waals surface area contributed by atoms with Crippen molar-refractivity contribution in [1.82, 2.24) is 30.8 Å². The minimum Gasteiger partial charge on any atom is -0.350 e. The molecule has 30 heavy (non-hydrogen) atoms. The molecule has 0 aliphatic rings. The van der Waals surface area contributed by atoms with E-state index in [0.717, 1.165) is 11.1 Å². The zero-order valence-electron chi connectivity index (χ0n) is 16.3. The van der Waals surface area contributed by atoms with Crippen LogP contribution in [-0.2, 0) is 24.4 Å². The molecule has 0 saturated heterocycles. The van der Waals surface area contributed by atoms with Crippen molar-refractivity contribution in [2.75, 3.05) is 6.54 Å². The summed E-state index contributed by atoms with van der Waals surface area (Å²) in [5.41, 5.74) is 3.49. The van der Waals surface area contributed by atoms with Crippen molar-refractivity contribution in [3.63, 3.8) is 0 Å². The predicted octanol–water partition coefficient (Wildman–Crippen LogP) is 2.62. The Morgan fingerprint density at radius 2 is 1.63 bits per heavy atom. The first-order chi connectivity index (χ1) is 14.3. The van der Waals surface area contributed by atoms with Crippen molar-refractivity contribution in [3.05, 3.63) is 65.2 Å². The van der Waals surface area contributed by atoms with Crippen LogP contribution < -0.4 is 10.6 Å². The molecule has 0 spiro atoms. The molecular weight excluding hydrogens is 397 g/mol. The Bertz CT molecular complexity index is 967. The maximum atomic E-state index is 12.2. The fourth-order valence-electron chi connectivity index (χ4n) is 2.64. The normalized spacial score (nSPS) is 11.5. The highest BCUT2D eigenvalue weighted by Gasteiger charge is 2.26. The first-order valence-electron chi connectivity index (χ1n) is 9.25. The van der Waals surface area contributed by atoms with Gasteiger partial charge in [0, 0.05) is 18.7 Å². The van der Waals surface area contributed by atoms with Crippen LogP contribution in [0.4, 0.5) is 13.2 Å². The summed E-state index contributed by atoms with van der Waals surface area (Å²) in [6.07, 6.45) is -4.24. The molecule has 158 valence electrons.